The van der Waals surface area contributed by atoms with Gasteiger partial charge in [0.2, 0.25) is 5.13 Å². The Morgan fingerprint density at radius 2 is 1.83 bits per heavy atom. The zero-order valence-corrected chi connectivity index (χ0v) is 17.5. The number of carbonyl (C=O) groups excluding carboxylic acids is 1. The smallest absolute Gasteiger partial charge is 0.263 e. The van der Waals surface area contributed by atoms with Crippen molar-refractivity contribution in [3.63, 3.8) is 0 Å². The van der Waals surface area contributed by atoms with E-state index in [0.717, 1.165) is 21.7 Å². The first kappa shape index (κ1) is 19.7. The number of ether oxygens (including phenoxy) is 3. The number of carbonyl (C=O) groups is 1. The average molecular weight is 424 g/mol. The van der Waals surface area contributed by atoms with Gasteiger partial charge in [0, 0.05) is 12.1 Å². The van der Waals surface area contributed by atoms with Crippen molar-refractivity contribution in [2.24, 2.45) is 0 Å². The molecule has 1 amide bonds. The fraction of sp³-hybridized carbons (Fsp3) is 0.190. The van der Waals surface area contributed by atoms with Crippen LogP contribution >= 0.6 is 11.3 Å². The Kier molecular flexibility index (Phi) is 5.53. The molecule has 2 heterocycles. The summed E-state index contributed by atoms with van der Waals surface area (Å²) in [5.41, 5.74) is 1.60. The first-order valence-electron chi connectivity index (χ1n) is 9.14. The van der Waals surface area contributed by atoms with E-state index in [4.69, 9.17) is 14.2 Å². The molecule has 1 N–H and O–H groups in total. The number of hydrogen-bond donors (Lipinski definition) is 1. The summed E-state index contributed by atoms with van der Waals surface area (Å²) in [6.07, 6.45) is 0. The Balaban J connectivity index is 1.51. The van der Waals surface area contributed by atoms with Gasteiger partial charge in [0.05, 0.1) is 30.1 Å². The van der Waals surface area contributed by atoms with Gasteiger partial charge in [0.25, 0.3) is 5.91 Å². The Hall–Kier alpha value is -3.59. The molecule has 30 heavy (non-hydrogen) atoms. The second-order valence-electron chi connectivity index (χ2n) is 6.43. The van der Waals surface area contributed by atoms with Gasteiger partial charge in [-0.15, -0.1) is 0 Å². The van der Waals surface area contributed by atoms with Crippen LogP contribution in [0.4, 0.5) is 5.82 Å². The van der Waals surface area contributed by atoms with Gasteiger partial charge >= 0.3 is 0 Å². The van der Waals surface area contributed by atoms with Crippen molar-refractivity contribution >= 4 is 33.3 Å². The number of aryl methyl sites for hydroxylation is 1. The minimum Gasteiger partial charge on any atom is -0.497 e. The zero-order chi connectivity index (χ0) is 21.1. The lowest BCUT2D eigenvalue weighted by molar-refractivity contribution is -0.118. The summed E-state index contributed by atoms with van der Waals surface area (Å²) < 4.78 is 18.6. The maximum atomic E-state index is 12.4. The SMILES string of the molecule is COc1cccc(OCC(=O)Nc2cc(C)nn2-c2nc3ccc(OC)cc3s2)c1. The van der Waals surface area contributed by atoms with Crippen molar-refractivity contribution in [1.82, 2.24) is 14.8 Å². The molecule has 0 radical (unpaired) electrons. The van der Waals surface area contributed by atoms with Crippen molar-refractivity contribution in [2.45, 2.75) is 6.92 Å². The van der Waals surface area contributed by atoms with Gasteiger partial charge in [0.1, 0.15) is 23.1 Å². The van der Waals surface area contributed by atoms with E-state index in [9.17, 15) is 4.79 Å². The maximum Gasteiger partial charge on any atom is 0.263 e. The van der Waals surface area contributed by atoms with Crippen LogP contribution in [0, 0.1) is 6.92 Å². The van der Waals surface area contributed by atoms with E-state index in [1.807, 2.05) is 31.2 Å². The van der Waals surface area contributed by atoms with Gasteiger partial charge in [-0.2, -0.15) is 9.78 Å². The first-order valence-corrected chi connectivity index (χ1v) is 9.95. The van der Waals surface area contributed by atoms with E-state index >= 15 is 0 Å². The molecule has 0 saturated heterocycles. The minimum absolute atomic E-state index is 0.144. The summed E-state index contributed by atoms with van der Waals surface area (Å²) in [7, 11) is 3.20. The number of methoxy groups -OCH3 is 2. The van der Waals surface area contributed by atoms with Crippen molar-refractivity contribution in [3.8, 4) is 22.4 Å². The second kappa shape index (κ2) is 8.42. The number of rotatable bonds is 7. The topological polar surface area (TPSA) is 87.5 Å². The molecule has 2 aromatic carbocycles. The van der Waals surface area contributed by atoms with Crippen LogP contribution in [0.25, 0.3) is 15.3 Å². The lowest BCUT2D eigenvalue weighted by Gasteiger charge is -2.09. The molecule has 0 spiro atoms. The normalized spacial score (nSPS) is 10.8. The number of benzene rings is 2. The molecule has 0 saturated carbocycles. The summed E-state index contributed by atoms with van der Waals surface area (Å²) in [5, 5.41) is 7.97. The standard InChI is InChI=1S/C21H20N4O4S/c1-13-9-19(23-20(26)12-29-16-6-4-5-14(10-16)27-2)25(24-13)21-22-17-8-7-15(28-3)11-18(17)30-21/h4-11H,12H2,1-3H3,(H,23,26). The number of aromatic nitrogens is 3. The predicted octanol–water partition coefficient (Wildman–Crippen LogP) is 3.83. The highest BCUT2D eigenvalue weighted by Gasteiger charge is 2.15. The van der Waals surface area contributed by atoms with Crippen LogP contribution in [-0.4, -0.2) is 41.5 Å². The van der Waals surface area contributed by atoms with Crippen LogP contribution in [0.1, 0.15) is 5.69 Å². The third-order valence-corrected chi connectivity index (χ3v) is 5.27. The van der Waals surface area contributed by atoms with Crippen LogP contribution < -0.4 is 19.5 Å². The molecule has 0 bridgehead atoms. The van der Waals surface area contributed by atoms with Crippen LogP contribution in [0.2, 0.25) is 0 Å². The lowest BCUT2D eigenvalue weighted by Crippen LogP contribution is -2.21. The van der Waals surface area contributed by atoms with E-state index in [2.05, 4.69) is 15.4 Å². The molecule has 0 unspecified atom stereocenters. The van der Waals surface area contributed by atoms with Crippen molar-refractivity contribution < 1.29 is 19.0 Å². The van der Waals surface area contributed by atoms with Gasteiger partial charge < -0.3 is 19.5 Å². The van der Waals surface area contributed by atoms with Crippen molar-refractivity contribution in [3.05, 3.63) is 54.2 Å². The zero-order valence-electron chi connectivity index (χ0n) is 16.7. The molecule has 0 aliphatic carbocycles. The Labute approximate surface area is 177 Å². The molecule has 0 atom stereocenters. The van der Waals surface area contributed by atoms with Gasteiger partial charge in [0.15, 0.2) is 6.61 Å². The molecule has 4 rings (SSSR count). The fourth-order valence-corrected chi connectivity index (χ4v) is 3.82. The minimum atomic E-state index is -0.304. The highest BCUT2D eigenvalue weighted by molar-refractivity contribution is 7.20. The predicted molar refractivity (Wildman–Crippen MR) is 115 cm³/mol. The van der Waals surface area contributed by atoms with E-state index < -0.39 is 0 Å². The molecule has 4 aromatic rings. The van der Waals surface area contributed by atoms with Crippen LogP contribution in [-0.2, 0) is 4.79 Å². The van der Waals surface area contributed by atoms with Crippen LogP contribution in [0.15, 0.2) is 48.5 Å². The van der Waals surface area contributed by atoms with Gasteiger partial charge in [-0.25, -0.2) is 4.98 Å². The van der Waals surface area contributed by atoms with Crippen molar-refractivity contribution in [2.75, 3.05) is 26.1 Å². The molecule has 0 aliphatic heterocycles. The molecular weight excluding hydrogens is 404 g/mol. The molecule has 9 heteroatoms. The van der Waals surface area contributed by atoms with Crippen molar-refractivity contribution in [1.29, 1.82) is 0 Å². The monoisotopic (exact) mass is 424 g/mol. The third-order valence-electron chi connectivity index (χ3n) is 4.28. The highest BCUT2D eigenvalue weighted by Crippen LogP contribution is 2.30. The number of amides is 1. The van der Waals surface area contributed by atoms with Gasteiger partial charge in [-0.1, -0.05) is 17.4 Å². The number of thiazole rings is 1. The fourth-order valence-electron chi connectivity index (χ4n) is 2.86. The number of fused-ring (bicyclic) bond motifs is 1. The van der Waals surface area contributed by atoms with E-state index in [0.29, 0.717) is 22.4 Å². The largest absolute Gasteiger partial charge is 0.497 e. The molecule has 0 fully saturated rings. The molecular formula is C21H20N4O4S. The van der Waals surface area contributed by atoms with E-state index in [1.165, 1.54) is 11.3 Å². The van der Waals surface area contributed by atoms with Crippen LogP contribution in [0.3, 0.4) is 0 Å². The summed E-state index contributed by atoms with van der Waals surface area (Å²) in [6.45, 7) is 1.71. The molecule has 154 valence electrons. The number of hydrogen-bond acceptors (Lipinski definition) is 7. The summed E-state index contributed by atoms with van der Waals surface area (Å²) in [6, 6.07) is 14.6. The Morgan fingerprint density at radius 3 is 2.63 bits per heavy atom. The van der Waals surface area contributed by atoms with Crippen LogP contribution in [0.5, 0.6) is 17.2 Å². The van der Waals surface area contributed by atoms with E-state index in [-0.39, 0.29) is 12.5 Å². The lowest BCUT2D eigenvalue weighted by atomic mass is 10.3. The first-order chi connectivity index (χ1) is 14.6. The number of nitrogens with zero attached hydrogens (tertiary/aromatic N) is 3. The summed E-state index contributed by atoms with van der Waals surface area (Å²) in [5.74, 6) is 2.19. The number of nitrogens with one attached hydrogen (secondary N) is 1. The van der Waals surface area contributed by atoms with Gasteiger partial charge in [-0.3, -0.25) is 4.79 Å². The summed E-state index contributed by atoms with van der Waals surface area (Å²) >= 11 is 1.46. The van der Waals surface area contributed by atoms with Gasteiger partial charge in [-0.05, 0) is 37.3 Å². The Morgan fingerprint density at radius 1 is 1.07 bits per heavy atom. The number of anilines is 1. The summed E-state index contributed by atoms with van der Waals surface area (Å²) in [4.78, 5) is 17.1. The molecule has 8 nitrogen and oxygen atoms in total. The van der Waals surface area contributed by atoms with E-state index in [1.54, 1.807) is 43.2 Å². The third kappa shape index (κ3) is 4.20. The maximum absolute atomic E-state index is 12.4. The second-order valence-corrected chi connectivity index (χ2v) is 7.44. The Bertz CT molecular complexity index is 1200. The highest BCUT2D eigenvalue weighted by atomic mass is 32.1. The molecule has 0 aliphatic rings. The quantitative estimate of drug-likeness (QED) is 0.485. The average Bonchev–Trinajstić information content (AvgIpc) is 3.34. The molecule has 2 aromatic heterocycles.